The number of aryl methyl sites for hydroxylation is 1. The largest absolute Gasteiger partial charge is 0.472 e. The Hall–Kier alpha value is -2.89. The van der Waals surface area contributed by atoms with Crippen LogP contribution in [0.1, 0.15) is 22.5 Å². The first kappa shape index (κ1) is 16.0. The van der Waals surface area contributed by atoms with Gasteiger partial charge in [0.05, 0.1) is 17.5 Å². The zero-order chi connectivity index (χ0) is 16.9. The number of carbonyl (C=O) groups excluding carboxylic acids is 1. The first-order valence-electron chi connectivity index (χ1n) is 7.71. The number of H-pyrrole nitrogens is 1. The number of hydrogen-bond donors (Lipinski definition) is 1. The summed E-state index contributed by atoms with van der Waals surface area (Å²) in [7, 11) is 1.76. The summed E-state index contributed by atoms with van der Waals surface area (Å²) in [5, 5.41) is 7.18. The Bertz CT molecular complexity index is 811. The van der Waals surface area contributed by atoms with Gasteiger partial charge in [-0.2, -0.15) is 5.10 Å². The first-order chi connectivity index (χ1) is 11.6. The third kappa shape index (κ3) is 3.71. The maximum absolute atomic E-state index is 13.3. The minimum Gasteiger partial charge on any atom is -0.472 e. The Morgan fingerprint density at radius 2 is 2.21 bits per heavy atom. The minimum absolute atomic E-state index is 0.0613. The van der Waals surface area contributed by atoms with Crippen molar-refractivity contribution >= 4 is 5.91 Å². The van der Waals surface area contributed by atoms with Gasteiger partial charge in [0.2, 0.25) is 0 Å². The summed E-state index contributed by atoms with van der Waals surface area (Å²) in [5.41, 5.74) is 2.96. The predicted molar refractivity (Wildman–Crippen MR) is 88.0 cm³/mol. The molecule has 0 atom stereocenters. The van der Waals surface area contributed by atoms with E-state index in [9.17, 15) is 9.18 Å². The van der Waals surface area contributed by atoms with Crippen LogP contribution in [0.2, 0.25) is 0 Å². The van der Waals surface area contributed by atoms with E-state index in [1.165, 1.54) is 24.7 Å². The number of rotatable bonds is 6. The van der Waals surface area contributed by atoms with Gasteiger partial charge in [0, 0.05) is 24.8 Å². The lowest BCUT2D eigenvalue weighted by molar-refractivity contribution is 0.0793. The van der Waals surface area contributed by atoms with Crippen LogP contribution in [0, 0.1) is 5.82 Å². The van der Waals surface area contributed by atoms with Crippen LogP contribution in [0.4, 0.5) is 4.39 Å². The van der Waals surface area contributed by atoms with E-state index in [1.54, 1.807) is 24.1 Å². The van der Waals surface area contributed by atoms with Crippen molar-refractivity contribution in [2.45, 2.75) is 12.8 Å². The molecule has 1 aromatic carbocycles. The van der Waals surface area contributed by atoms with Gasteiger partial charge in [0.15, 0.2) is 0 Å². The van der Waals surface area contributed by atoms with Crippen molar-refractivity contribution < 1.29 is 13.6 Å². The Labute approximate surface area is 139 Å². The van der Waals surface area contributed by atoms with Gasteiger partial charge >= 0.3 is 0 Å². The number of aromatic amines is 1. The van der Waals surface area contributed by atoms with Crippen molar-refractivity contribution in [1.29, 1.82) is 0 Å². The highest BCUT2D eigenvalue weighted by molar-refractivity contribution is 5.93. The molecule has 0 unspecified atom stereocenters. The van der Waals surface area contributed by atoms with Crippen molar-refractivity contribution in [3.05, 3.63) is 66.0 Å². The average Bonchev–Trinajstić information content (AvgIpc) is 3.26. The summed E-state index contributed by atoms with van der Waals surface area (Å²) in [6.07, 6.45) is 4.48. The number of hydrogen-bond acceptors (Lipinski definition) is 3. The normalized spacial score (nSPS) is 10.8. The van der Waals surface area contributed by atoms with E-state index in [-0.39, 0.29) is 11.7 Å². The average molecular weight is 327 g/mol. The van der Waals surface area contributed by atoms with Gasteiger partial charge in [-0.25, -0.2) is 4.39 Å². The Morgan fingerprint density at radius 3 is 2.96 bits per heavy atom. The lowest BCUT2D eigenvalue weighted by Crippen LogP contribution is -2.27. The molecule has 6 heteroatoms. The van der Waals surface area contributed by atoms with Crippen LogP contribution in [-0.4, -0.2) is 34.6 Å². The maximum Gasteiger partial charge on any atom is 0.256 e. The van der Waals surface area contributed by atoms with Crippen LogP contribution < -0.4 is 0 Å². The van der Waals surface area contributed by atoms with Crippen molar-refractivity contribution in [3.8, 4) is 11.3 Å². The molecule has 0 fully saturated rings. The second-order valence-electron chi connectivity index (χ2n) is 5.63. The molecular formula is C18H18FN3O2. The second-order valence-corrected chi connectivity index (χ2v) is 5.63. The van der Waals surface area contributed by atoms with E-state index in [4.69, 9.17) is 4.42 Å². The molecule has 0 spiro atoms. The molecule has 1 amide bonds. The second kappa shape index (κ2) is 7.12. The quantitative estimate of drug-likeness (QED) is 0.753. The molecule has 0 saturated carbocycles. The highest BCUT2D eigenvalue weighted by Crippen LogP contribution is 2.19. The number of nitrogens with zero attached hydrogens (tertiary/aromatic N) is 2. The lowest BCUT2D eigenvalue weighted by Gasteiger charge is -2.15. The highest BCUT2D eigenvalue weighted by atomic mass is 19.1. The van der Waals surface area contributed by atoms with E-state index >= 15 is 0 Å². The van der Waals surface area contributed by atoms with Crippen LogP contribution in [0.25, 0.3) is 11.3 Å². The number of halogens is 1. The molecule has 1 N–H and O–H groups in total. The third-order valence-corrected chi connectivity index (χ3v) is 3.81. The fraction of sp³-hybridized carbons (Fsp3) is 0.222. The fourth-order valence-corrected chi connectivity index (χ4v) is 2.50. The zero-order valence-electron chi connectivity index (χ0n) is 13.3. The van der Waals surface area contributed by atoms with Crippen LogP contribution in [0.15, 0.2) is 53.3 Å². The molecule has 0 bridgehead atoms. The van der Waals surface area contributed by atoms with Crippen molar-refractivity contribution in [1.82, 2.24) is 15.1 Å². The monoisotopic (exact) mass is 327 g/mol. The number of furan rings is 1. The number of nitrogens with one attached hydrogen (secondary N) is 1. The summed E-state index contributed by atoms with van der Waals surface area (Å²) >= 11 is 0. The van der Waals surface area contributed by atoms with E-state index < -0.39 is 0 Å². The predicted octanol–water partition coefficient (Wildman–Crippen LogP) is 3.51. The van der Waals surface area contributed by atoms with Crippen LogP contribution in [-0.2, 0) is 6.42 Å². The molecule has 5 nitrogen and oxygen atoms in total. The van der Waals surface area contributed by atoms with Gasteiger partial charge in [-0.05, 0) is 37.1 Å². The highest BCUT2D eigenvalue weighted by Gasteiger charge is 2.12. The van der Waals surface area contributed by atoms with Crippen LogP contribution >= 0.6 is 0 Å². The van der Waals surface area contributed by atoms with Gasteiger partial charge in [0.25, 0.3) is 5.91 Å². The van der Waals surface area contributed by atoms with E-state index in [0.29, 0.717) is 17.8 Å². The van der Waals surface area contributed by atoms with Gasteiger partial charge in [-0.3, -0.25) is 9.89 Å². The molecule has 2 heterocycles. The van der Waals surface area contributed by atoms with Crippen molar-refractivity contribution in [3.63, 3.8) is 0 Å². The van der Waals surface area contributed by atoms with Gasteiger partial charge in [-0.15, -0.1) is 0 Å². The standard InChI is InChI=1S/C18H18FN3O2/c1-22(18(23)14-7-9-24-12-14)8-3-6-16-11-17(21-20-16)13-4-2-5-15(19)10-13/h2,4-5,7,9-12H,3,6,8H2,1H3,(H,20,21). The van der Waals surface area contributed by atoms with Crippen molar-refractivity contribution in [2.75, 3.05) is 13.6 Å². The number of benzene rings is 1. The summed E-state index contributed by atoms with van der Waals surface area (Å²) in [6.45, 7) is 0.623. The SMILES string of the molecule is CN(CCCc1cc(-c2cccc(F)c2)n[nH]1)C(=O)c1ccoc1. The number of amides is 1. The number of aromatic nitrogens is 2. The number of carbonyl (C=O) groups is 1. The van der Waals surface area contributed by atoms with Crippen LogP contribution in [0.3, 0.4) is 0 Å². The van der Waals surface area contributed by atoms with Crippen LogP contribution in [0.5, 0.6) is 0 Å². The molecule has 0 aliphatic heterocycles. The molecule has 0 aliphatic rings. The third-order valence-electron chi connectivity index (χ3n) is 3.81. The van der Waals surface area contributed by atoms with Crippen molar-refractivity contribution in [2.24, 2.45) is 0 Å². The Balaban J connectivity index is 1.53. The molecule has 124 valence electrons. The molecule has 2 aromatic heterocycles. The van der Waals surface area contributed by atoms with Gasteiger partial charge in [0.1, 0.15) is 12.1 Å². The Morgan fingerprint density at radius 1 is 1.33 bits per heavy atom. The Kier molecular flexibility index (Phi) is 4.74. The maximum atomic E-state index is 13.3. The first-order valence-corrected chi connectivity index (χ1v) is 7.71. The molecule has 3 aromatic rings. The molecule has 24 heavy (non-hydrogen) atoms. The minimum atomic E-state index is -0.281. The van der Waals surface area contributed by atoms with Gasteiger partial charge in [-0.1, -0.05) is 12.1 Å². The summed E-state index contributed by atoms with van der Waals surface area (Å²) in [4.78, 5) is 13.7. The summed E-state index contributed by atoms with van der Waals surface area (Å²) in [6, 6.07) is 9.91. The summed E-state index contributed by atoms with van der Waals surface area (Å²) < 4.78 is 18.2. The van der Waals surface area contributed by atoms with E-state index in [0.717, 1.165) is 24.1 Å². The molecule has 0 radical (unpaired) electrons. The fourth-order valence-electron chi connectivity index (χ4n) is 2.50. The molecular weight excluding hydrogens is 309 g/mol. The topological polar surface area (TPSA) is 62.1 Å². The van der Waals surface area contributed by atoms with E-state index in [2.05, 4.69) is 10.2 Å². The lowest BCUT2D eigenvalue weighted by atomic mass is 10.1. The molecule has 0 aliphatic carbocycles. The van der Waals surface area contributed by atoms with Gasteiger partial charge < -0.3 is 9.32 Å². The molecule has 3 rings (SSSR count). The smallest absolute Gasteiger partial charge is 0.256 e. The zero-order valence-corrected chi connectivity index (χ0v) is 13.3. The van der Waals surface area contributed by atoms with E-state index in [1.807, 2.05) is 12.1 Å². The summed E-state index contributed by atoms with van der Waals surface area (Å²) in [5.74, 6) is -0.342. The molecule has 0 saturated heterocycles.